The highest BCUT2D eigenvalue weighted by molar-refractivity contribution is 7.09. The minimum Gasteiger partial charge on any atom is -0.480 e. The molecule has 1 rings (SSSR count). The van der Waals surface area contributed by atoms with Gasteiger partial charge in [0.15, 0.2) is 0 Å². The molecule has 5 nitrogen and oxygen atoms in total. The topological polar surface area (TPSA) is 75.1 Å². The van der Waals surface area contributed by atoms with Gasteiger partial charge in [0.1, 0.15) is 11.4 Å². The Hall–Kier alpha value is -1.17. The summed E-state index contributed by atoms with van der Waals surface area (Å²) in [7, 11) is 0. The van der Waals surface area contributed by atoms with Crippen LogP contribution in [0.3, 0.4) is 0 Å². The number of carboxylic acid groups (broad SMARTS) is 1. The average Bonchev–Trinajstić information content (AvgIpc) is 2.65. The first-order valence-electron chi connectivity index (χ1n) is 5.24. The summed E-state index contributed by atoms with van der Waals surface area (Å²) in [5.74, 6) is 0.122. The molecule has 1 atom stereocenters. The van der Waals surface area contributed by atoms with E-state index in [2.05, 4.69) is 14.7 Å². The summed E-state index contributed by atoms with van der Waals surface area (Å²) in [4.78, 5) is 15.3. The van der Waals surface area contributed by atoms with E-state index >= 15 is 0 Å². The van der Waals surface area contributed by atoms with Crippen LogP contribution in [-0.2, 0) is 4.79 Å². The van der Waals surface area contributed by atoms with Crippen molar-refractivity contribution < 1.29 is 9.90 Å². The molecular formula is C10H17N3O2S. The number of carboxylic acids is 1. The van der Waals surface area contributed by atoms with Gasteiger partial charge in [0.2, 0.25) is 5.13 Å². The van der Waals surface area contributed by atoms with Gasteiger partial charge in [-0.2, -0.15) is 4.37 Å². The van der Waals surface area contributed by atoms with Gasteiger partial charge in [-0.1, -0.05) is 20.8 Å². The van der Waals surface area contributed by atoms with E-state index in [4.69, 9.17) is 5.11 Å². The smallest absolute Gasteiger partial charge is 0.329 e. The van der Waals surface area contributed by atoms with Crippen molar-refractivity contribution in [2.24, 2.45) is 0 Å². The van der Waals surface area contributed by atoms with Gasteiger partial charge in [-0.05, 0) is 13.3 Å². The van der Waals surface area contributed by atoms with Crippen molar-refractivity contribution in [2.75, 3.05) is 5.32 Å². The van der Waals surface area contributed by atoms with Gasteiger partial charge in [0.05, 0.1) is 0 Å². The molecule has 0 aliphatic heterocycles. The van der Waals surface area contributed by atoms with E-state index in [9.17, 15) is 4.79 Å². The maximum atomic E-state index is 11.1. The van der Waals surface area contributed by atoms with Crippen LogP contribution >= 0.6 is 11.5 Å². The van der Waals surface area contributed by atoms with Crippen LogP contribution < -0.4 is 5.32 Å². The highest BCUT2D eigenvalue weighted by atomic mass is 32.1. The zero-order valence-corrected chi connectivity index (χ0v) is 10.8. The van der Waals surface area contributed by atoms with Crippen LogP contribution in [0.25, 0.3) is 0 Å². The molecule has 0 fully saturated rings. The highest BCUT2D eigenvalue weighted by Crippen LogP contribution is 2.22. The molecule has 0 bridgehead atoms. The van der Waals surface area contributed by atoms with Crippen LogP contribution in [0.4, 0.5) is 5.13 Å². The van der Waals surface area contributed by atoms with Gasteiger partial charge in [-0.15, -0.1) is 0 Å². The molecule has 0 aromatic carbocycles. The fraction of sp³-hybridized carbons (Fsp3) is 0.700. The fourth-order valence-electron chi connectivity index (χ4n) is 1.05. The number of rotatable bonds is 5. The lowest BCUT2D eigenvalue weighted by atomic mass is 10.00. The van der Waals surface area contributed by atoms with E-state index in [1.54, 1.807) is 6.92 Å². The first kappa shape index (κ1) is 12.9. The van der Waals surface area contributed by atoms with Gasteiger partial charge in [-0.25, -0.2) is 9.78 Å². The summed E-state index contributed by atoms with van der Waals surface area (Å²) in [6, 6.07) is 0. The number of hydrogen-bond acceptors (Lipinski definition) is 5. The van der Waals surface area contributed by atoms with Gasteiger partial charge in [0.25, 0.3) is 0 Å². The Kier molecular flexibility index (Phi) is 3.85. The fourth-order valence-corrected chi connectivity index (χ4v) is 1.89. The first-order chi connectivity index (χ1) is 7.39. The lowest BCUT2D eigenvalue weighted by molar-refractivity contribution is -0.141. The normalized spacial score (nSPS) is 14.8. The molecule has 0 spiro atoms. The number of aliphatic carboxylic acids is 1. The number of hydrogen-bond donors (Lipinski definition) is 2. The summed E-state index contributed by atoms with van der Waals surface area (Å²) in [5, 5.41) is 12.6. The SMILES string of the molecule is CCC(C)(Nc1nc(C(C)C)ns1)C(=O)O. The second-order valence-electron chi connectivity index (χ2n) is 4.23. The number of carbonyl (C=O) groups is 1. The predicted octanol–water partition coefficient (Wildman–Crippen LogP) is 2.33. The summed E-state index contributed by atoms with van der Waals surface area (Å²) in [6.07, 6.45) is 0.485. The largest absolute Gasteiger partial charge is 0.480 e. The van der Waals surface area contributed by atoms with Gasteiger partial charge < -0.3 is 10.4 Å². The lowest BCUT2D eigenvalue weighted by Gasteiger charge is -2.23. The van der Waals surface area contributed by atoms with Crippen LogP contribution in [0, 0.1) is 0 Å². The van der Waals surface area contributed by atoms with Crippen molar-refractivity contribution in [3.05, 3.63) is 5.82 Å². The van der Waals surface area contributed by atoms with Crippen molar-refractivity contribution in [3.8, 4) is 0 Å². The zero-order chi connectivity index (χ0) is 12.3. The van der Waals surface area contributed by atoms with Crippen LogP contribution in [0.2, 0.25) is 0 Å². The van der Waals surface area contributed by atoms with E-state index in [0.717, 1.165) is 5.82 Å². The van der Waals surface area contributed by atoms with Crippen molar-refractivity contribution in [1.29, 1.82) is 0 Å². The Morgan fingerprint density at radius 1 is 1.62 bits per heavy atom. The van der Waals surface area contributed by atoms with E-state index in [-0.39, 0.29) is 5.92 Å². The van der Waals surface area contributed by atoms with Crippen molar-refractivity contribution in [1.82, 2.24) is 9.36 Å². The molecule has 0 saturated carbocycles. The predicted molar refractivity (Wildman–Crippen MR) is 64.0 cm³/mol. The van der Waals surface area contributed by atoms with Crippen molar-refractivity contribution in [2.45, 2.75) is 45.6 Å². The summed E-state index contributed by atoms with van der Waals surface area (Å²) in [5.41, 5.74) is -0.978. The number of anilines is 1. The Balaban J connectivity index is 2.82. The molecule has 90 valence electrons. The van der Waals surface area contributed by atoms with Crippen LogP contribution in [0.1, 0.15) is 45.9 Å². The molecule has 2 N–H and O–H groups in total. The van der Waals surface area contributed by atoms with E-state index in [1.807, 2.05) is 20.8 Å². The third-order valence-electron chi connectivity index (χ3n) is 2.52. The molecule has 0 aliphatic carbocycles. The van der Waals surface area contributed by atoms with Gasteiger partial charge in [0, 0.05) is 17.5 Å². The summed E-state index contributed by atoms with van der Waals surface area (Å²) < 4.78 is 4.17. The third-order valence-corrected chi connectivity index (χ3v) is 3.16. The quantitative estimate of drug-likeness (QED) is 0.830. The standard InChI is InChI=1S/C10H17N3O2S/c1-5-10(4,8(14)15)12-9-11-7(6(2)3)13-16-9/h6H,5H2,1-4H3,(H,14,15)(H,11,12,13). The highest BCUT2D eigenvalue weighted by Gasteiger charge is 2.31. The zero-order valence-electron chi connectivity index (χ0n) is 9.94. The van der Waals surface area contributed by atoms with E-state index < -0.39 is 11.5 Å². The third kappa shape index (κ3) is 2.69. The minimum absolute atomic E-state index is 0.254. The molecule has 0 amide bonds. The maximum absolute atomic E-state index is 11.1. The molecule has 0 saturated heterocycles. The van der Waals surface area contributed by atoms with Crippen molar-refractivity contribution in [3.63, 3.8) is 0 Å². The minimum atomic E-state index is -0.978. The molecular weight excluding hydrogens is 226 g/mol. The van der Waals surface area contributed by atoms with Crippen molar-refractivity contribution >= 4 is 22.6 Å². The van der Waals surface area contributed by atoms with Gasteiger partial charge in [-0.3, -0.25) is 0 Å². The molecule has 6 heteroatoms. The lowest BCUT2D eigenvalue weighted by Crippen LogP contribution is -2.42. The molecule has 1 heterocycles. The average molecular weight is 243 g/mol. The van der Waals surface area contributed by atoms with Crippen LogP contribution in [-0.4, -0.2) is 26.0 Å². The molecule has 0 aliphatic rings. The number of aromatic nitrogens is 2. The van der Waals surface area contributed by atoms with Crippen LogP contribution in [0.5, 0.6) is 0 Å². The van der Waals surface area contributed by atoms with E-state index in [0.29, 0.717) is 11.6 Å². The van der Waals surface area contributed by atoms with E-state index in [1.165, 1.54) is 11.5 Å². The van der Waals surface area contributed by atoms with Crippen LogP contribution in [0.15, 0.2) is 0 Å². The van der Waals surface area contributed by atoms with Gasteiger partial charge >= 0.3 is 5.97 Å². The first-order valence-corrected chi connectivity index (χ1v) is 6.01. The Morgan fingerprint density at radius 2 is 2.25 bits per heavy atom. The second kappa shape index (κ2) is 4.78. The maximum Gasteiger partial charge on any atom is 0.329 e. The molecule has 16 heavy (non-hydrogen) atoms. The Morgan fingerprint density at radius 3 is 2.62 bits per heavy atom. The number of nitrogens with zero attached hydrogens (tertiary/aromatic N) is 2. The Bertz CT molecular complexity index is 378. The summed E-state index contributed by atoms with van der Waals surface area (Å²) in [6.45, 7) is 7.47. The molecule has 0 radical (unpaired) electrons. The summed E-state index contributed by atoms with van der Waals surface area (Å²) >= 11 is 1.20. The second-order valence-corrected chi connectivity index (χ2v) is 4.98. The number of nitrogens with one attached hydrogen (secondary N) is 1. The molecule has 1 unspecified atom stereocenters. The molecule has 1 aromatic rings. The Labute approximate surface area is 99.1 Å². The molecule has 1 aromatic heterocycles. The monoisotopic (exact) mass is 243 g/mol.